The minimum Gasteiger partial charge on any atom is -0.470 e. The highest BCUT2D eigenvalue weighted by atomic mass is 32.2. The minimum atomic E-state index is -4.97. The zero-order valence-corrected chi connectivity index (χ0v) is 32.6. The number of nitrogens with zero attached hydrogens (tertiary/aromatic N) is 3. The molecule has 3 saturated carbocycles. The lowest BCUT2D eigenvalue weighted by Crippen LogP contribution is -2.58. The zero-order valence-electron chi connectivity index (χ0n) is 31.8. The molecular formula is C39H45F3N6O9S. The molecule has 0 unspecified atom stereocenters. The molecule has 1 aromatic carbocycles. The van der Waals surface area contributed by atoms with Crippen molar-refractivity contribution in [3.8, 4) is 5.88 Å². The number of ether oxygens (including phenoxy) is 2. The van der Waals surface area contributed by atoms with Crippen molar-refractivity contribution < 1.29 is 54.7 Å². The Hall–Kier alpha value is -4.94. The maximum Gasteiger partial charge on any atom is 0.451 e. The summed E-state index contributed by atoms with van der Waals surface area (Å²) in [4.78, 5) is 64.5. The van der Waals surface area contributed by atoms with E-state index in [-0.39, 0.29) is 48.6 Å². The molecule has 312 valence electrons. The quantitative estimate of drug-likeness (QED) is 0.268. The van der Waals surface area contributed by atoms with Gasteiger partial charge in [0, 0.05) is 17.7 Å². The number of aryl methyl sites for hydroxylation is 1. The predicted molar refractivity (Wildman–Crippen MR) is 201 cm³/mol. The van der Waals surface area contributed by atoms with Crippen LogP contribution >= 0.6 is 0 Å². The normalized spacial score (nSPS) is 27.9. The van der Waals surface area contributed by atoms with Gasteiger partial charge in [-0.3, -0.25) is 19.1 Å². The first-order chi connectivity index (χ1) is 27.6. The van der Waals surface area contributed by atoms with Crippen LogP contribution < -0.4 is 20.1 Å². The van der Waals surface area contributed by atoms with E-state index in [1.807, 2.05) is 6.08 Å². The van der Waals surface area contributed by atoms with Crippen molar-refractivity contribution in [1.82, 2.24) is 30.2 Å². The number of alkyl halides is 3. The largest absolute Gasteiger partial charge is 0.470 e. The van der Waals surface area contributed by atoms with E-state index in [0.29, 0.717) is 50.3 Å². The molecule has 5 atom stereocenters. The second-order valence-electron chi connectivity index (χ2n) is 16.1. The molecule has 5 aliphatic rings. The zero-order chi connectivity index (χ0) is 41.0. The monoisotopic (exact) mass is 830 g/mol. The molecule has 19 heteroatoms. The summed E-state index contributed by atoms with van der Waals surface area (Å²) in [5.41, 5.74) is -0.951. The maximum absolute atomic E-state index is 14.6. The van der Waals surface area contributed by atoms with E-state index in [1.165, 1.54) is 4.90 Å². The number of aromatic nitrogens is 2. The Morgan fingerprint density at radius 1 is 1.02 bits per heavy atom. The van der Waals surface area contributed by atoms with Crippen LogP contribution in [0.25, 0.3) is 22.1 Å². The van der Waals surface area contributed by atoms with Crippen molar-refractivity contribution in [3.63, 3.8) is 0 Å². The highest BCUT2D eigenvalue weighted by Crippen LogP contribution is 2.46. The van der Waals surface area contributed by atoms with E-state index in [1.54, 1.807) is 31.2 Å². The van der Waals surface area contributed by atoms with Crippen LogP contribution in [0.5, 0.6) is 5.88 Å². The van der Waals surface area contributed by atoms with E-state index in [0.717, 1.165) is 24.8 Å². The van der Waals surface area contributed by atoms with Crippen LogP contribution in [-0.2, 0) is 35.3 Å². The van der Waals surface area contributed by atoms with E-state index in [4.69, 9.17) is 13.9 Å². The van der Waals surface area contributed by atoms with Crippen LogP contribution in [0.2, 0.25) is 0 Å². The van der Waals surface area contributed by atoms with Gasteiger partial charge >= 0.3 is 12.3 Å². The summed E-state index contributed by atoms with van der Waals surface area (Å²) in [7, 11) is -3.98. The Labute approximate surface area is 331 Å². The molecule has 58 heavy (non-hydrogen) atoms. The van der Waals surface area contributed by atoms with Gasteiger partial charge in [0.15, 0.2) is 0 Å². The molecule has 4 amide bonds. The van der Waals surface area contributed by atoms with Gasteiger partial charge in [-0.1, -0.05) is 36.6 Å². The Morgan fingerprint density at radius 2 is 1.78 bits per heavy atom. The van der Waals surface area contributed by atoms with Gasteiger partial charge in [0.2, 0.25) is 33.2 Å². The van der Waals surface area contributed by atoms with Crippen molar-refractivity contribution >= 4 is 55.9 Å². The summed E-state index contributed by atoms with van der Waals surface area (Å²) >= 11 is 0. The molecule has 0 spiro atoms. The van der Waals surface area contributed by atoms with Crippen LogP contribution in [0.3, 0.4) is 0 Å². The number of alkyl carbamates (subject to hydrolysis) is 1. The van der Waals surface area contributed by atoms with E-state index in [9.17, 15) is 40.8 Å². The van der Waals surface area contributed by atoms with Crippen molar-refractivity contribution in [2.45, 2.75) is 132 Å². The number of rotatable bonds is 7. The smallest absolute Gasteiger partial charge is 0.451 e. The number of hydrogen-bond acceptors (Lipinski definition) is 11. The number of carbonyl (C=O) groups is 4. The molecule has 3 aromatic rings. The molecule has 2 aromatic heterocycles. The Morgan fingerprint density at radius 3 is 2.52 bits per heavy atom. The van der Waals surface area contributed by atoms with E-state index in [2.05, 4.69) is 25.3 Å². The average molecular weight is 831 g/mol. The number of carbonyl (C=O) groups excluding carboxylic acids is 4. The molecule has 8 rings (SSSR count). The fourth-order valence-corrected chi connectivity index (χ4v) is 9.64. The van der Waals surface area contributed by atoms with Gasteiger partial charge in [0.1, 0.15) is 40.9 Å². The van der Waals surface area contributed by atoms with Gasteiger partial charge in [-0.2, -0.15) is 18.2 Å². The highest BCUT2D eigenvalue weighted by Gasteiger charge is 2.62. The van der Waals surface area contributed by atoms with Crippen molar-refractivity contribution in [2.75, 3.05) is 6.54 Å². The lowest BCUT2D eigenvalue weighted by atomic mass is 10.0. The third kappa shape index (κ3) is 8.18. The third-order valence-electron chi connectivity index (χ3n) is 11.7. The molecule has 4 heterocycles. The van der Waals surface area contributed by atoms with Gasteiger partial charge in [0.25, 0.3) is 11.8 Å². The summed E-state index contributed by atoms with van der Waals surface area (Å²) in [5.74, 6) is -4.93. The van der Waals surface area contributed by atoms with Crippen LogP contribution in [0.15, 0.2) is 34.8 Å². The molecule has 0 radical (unpaired) electrons. The Kier molecular flexibility index (Phi) is 10.5. The van der Waals surface area contributed by atoms with Gasteiger partial charge < -0.3 is 29.4 Å². The van der Waals surface area contributed by atoms with Crippen LogP contribution in [-0.4, -0.2) is 88.7 Å². The number of sulfonamides is 1. The van der Waals surface area contributed by atoms with Gasteiger partial charge in [-0.05, 0) is 83.3 Å². The van der Waals surface area contributed by atoms with Gasteiger partial charge in [-0.25, -0.2) is 18.2 Å². The van der Waals surface area contributed by atoms with Crippen molar-refractivity contribution in [2.24, 2.45) is 5.92 Å². The standard InChI is InChI=1S/C39H45F3N6O9S/c1-21-13-16-29-26(17-21)30-31(57-29)33(45-35(44-30)39(40,41)42)55-24-18-28-32(49)46-38(36(51)47-58(53,54)25-14-15-25)19-22(38)9-5-3-2-4-6-12-27(34(50)48(28)20-24)43-37(52)56-23-10-7-8-11-23/h5,9,13,16-17,22-25,27-28H,2-4,6-8,10-12,14-15,18-20H2,1H3,(H,43,52)(H,46,49)(H,47,51)/b9-5-/t22-,24-,27+,28+,38-/m1/s1. The minimum absolute atomic E-state index is 0.101. The first-order valence-electron chi connectivity index (χ1n) is 19.9. The molecule has 2 aliphatic heterocycles. The second-order valence-corrected chi connectivity index (χ2v) is 18.1. The van der Waals surface area contributed by atoms with E-state index >= 15 is 0 Å². The summed E-state index contributed by atoms with van der Waals surface area (Å²) < 4.78 is 88.1. The van der Waals surface area contributed by atoms with Gasteiger partial charge in [-0.15, -0.1) is 0 Å². The summed E-state index contributed by atoms with van der Waals surface area (Å²) in [6.07, 6.45) is 3.10. The summed E-state index contributed by atoms with van der Waals surface area (Å²) in [6.45, 7) is 1.44. The van der Waals surface area contributed by atoms with Crippen LogP contribution in [0.4, 0.5) is 18.0 Å². The first kappa shape index (κ1) is 39.9. The fourth-order valence-electron chi connectivity index (χ4n) is 8.28. The first-order valence-corrected chi connectivity index (χ1v) is 21.4. The number of fused-ring (bicyclic) bond motifs is 5. The van der Waals surface area contributed by atoms with Crippen molar-refractivity contribution in [1.29, 1.82) is 0 Å². The molecule has 15 nitrogen and oxygen atoms in total. The second kappa shape index (κ2) is 15.3. The maximum atomic E-state index is 14.6. The number of benzene rings is 1. The molecule has 0 bridgehead atoms. The fraction of sp³-hybridized carbons (Fsp3) is 0.590. The van der Waals surface area contributed by atoms with Gasteiger partial charge in [0.05, 0.1) is 11.8 Å². The van der Waals surface area contributed by atoms with Crippen molar-refractivity contribution in [3.05, 3.63) is 41.7 Å². The molecule has 4 fully saturated rings. The van der Waals surface area contributed by atoms with Crippen LogP contribution in [0, 0.1) is 12.8 Å². The number of hydrogen-bond donors (Lipinski definition) is 3. The molecule has 1 saturated heterocycles. The number of amides is 4. The molecule has 3 aliphatic carbocycles. The predicted octanol–water partition coefficient (Wildman–Crippen LogP) is 5.09. The summed E-state index contributed by atoms with van der Waals surface area (Å²) in [6, 6.07) is 2.44. The topological polar surface area (TPSA) is 199 Å². The number of halogens is 3. The molecule has 3 N–H and O–H groups in total. The van der Waals surface area contributed by atoms with E-state index < -0.39 is 86.6 Å². The lowest BCUT2D eigenvalue weighted by Gasteiger charge is -2.30. The SMILES string of the molecule is Cc1ccc2oc3c(O[C@@H]4C[C@H]5C(=O)N[C@]6(C(=O)NS(=O)(=O)C7CC7)C[C@H]6/C=C\CCCCC[C@H](NC(=O)OC6CCCC6)C(=O)N5C4)nc(C(F)(F)F)nc3c2c1. The summed E-state index contributed by atoms with van der Waals surface area (Å²) in [5, 5.41) is 5.06. The Balaban J connectivity index is 1.13. The molecular weight excluding hydrogens is 786 g/mol. The number of furan rings is 1. The third-order valence-corrected chi connectivity index (χ3v) is 13.5. The highest BCUT2D eigenvalue weighted by molar-refractivity contribution is 7.91. The lowest BCUT2D eigenvalue weighted by molar-refractivity contribution is -0.145. The Bertz CT molecular complexity index is 2270. The van der Waals surface area contributed by atoms with Crippen LogP contribution in [0.1, 0.15) is 94.9 Å². The number of allylic oxidation sites excluding steroid dienone is 1. The average Bonchev–Trinajstić information content (AvgIpc) is 3.98. The number of nitrogens with one attached hydrogen (secondary N) is 3.